The van der Waals surface area contributed by atoms with Crippen LogP contribution in [0.15, 0.2) is 84.6 Å². The third-order valence-corrected chi connectivity index (χ3v) is 6.77. The average molecular weight is 518 g/mol. The summed E-state index contributed by atoms with van der Waals surface area (Å²) in [5, 5.41) is 1.55. The second-order valence-electron chi connectivity index (χ2n) is 8.36. The maximum Gasteiger partial charge on any atom is 0.270 e. The lowest BCUT2D eigenvalue weighted by Gasteiger charge is -2.36. The van der Waals surface area contributed by atoms with Gasteiger partial charge >= 0.3 is 0 Å². The van der Waals surface area contributed by atoms with Crippen LogP contribution < -0.4 is 4.90 Å². The molecule has 0 bridgehead atoms. The molecule has 0 saturated carbocycles. The van der Waals surface area contributed by atoms with Crippen molar-refractivity contribution in [2.24, 2.45) is 0 Å². The molecule has 0 spiro atoms. The zero-order valence-corrected chi connectivity index (χ0v) is 20.9. The maximum absolute atomic E-state index is 13.6. The Kier molecular flexibility index (Phi) is 6.43. The number of amides is 2. The molecule has 1 aliphatic rings. The minimum absolute atomic E-state index is 0.0186. The number of hydrogen-bond acceptors (Lipinski definition) is 3. The number of hydrogen-bond donors (Lipinski definition) is 0. The van der Waals surface area contributed by atoms with Crippen molar-refractivity contribution in [2.45, 2.75) is 13.5 Å². The molecule has 8 heteroatoms. The predicted molar refractivity (Wildman–Crippen MR) is 144 cm³/mol. The van der Waals surface area contributed by atoms with Crippen molar-refractivity contribution in [1.82, 2.24) is 9.47 Å². The Balaban J connectivity index is 1.60. The number of aromatic nitrogens is 1. The fourth-order valence-electron chi connectivity index (χ4n) is 4.33. The van der Waals surface area contributed by atoms with Crippen molar-refractivity contribution in [1.29, 1.82) is 0 Å². The van der Waals surface area contributed by atoms with Gasteiger partial charge in [-0.2, -0.15) is 0 Å². The lowest BCUT2D eigenvalue weighted by Crippen LogP contribution is -2.56. The summed E-state index contributed by atoms with van der Waals surface area (Å²) >= 11 is 11.5. The van der Waals surface area contributed by atoms with E-state index in [4.69, 9.17) is 23.8 Å². The minimum atomic E-state index is -0.493. The largest absolute Gasteiger partial charge is 0.342 e. The quantitative estimate of drug-likeness (QED) is 0.184. The number of anilines is 1. The summed E-state index contributed by atoms with van der Waals surface area (Å²) < 4.78 is 15.4. The number of benzene rings is 3. The van der Waals surface area contributed by atoms with Crippen LogP contribution in [0.2, 0.25) is 5.02 Å². The van der Waals surface area contributed by atoms with E-state index in [1.165, 1.54) is 21.9 Å². The van der Waals surface area contributed by atoms with E-state index in [9.17, 15) is 14.0 Å². The highest BCUT2D eigenvalue weighted by Gasteiger charge is 2.39. The standard InChI is InChI=1S/C28H21ClFN3O2S/c1-2-32-26(34)24(27(35)33(28(32)36)22-13-9-20(29)10-14-22)15-19-17-31(25-6-4-3-5-23(19)25)16-18-7-11-21(30)12-8-18/h3-15,17H,2,16H2,1H3/b24-15+. The summed E-state index contributed by atoms with van der Waals surface area (Å²) in [5.74, 6) is -1.22. The fraction of sp³-hybridized carbons (Fsp3) is 0.107. The van der Waals surface area contributed by atoms with Gasteiger partial charge in [0, 0.05) is 40.8 Å². The van der Waals surface area contributed by atoms with E-state index in [2.05, 4.69) is 0 Å². The number of halogens is 2. The predicted octanol–water partition coefficient (Wildman–Crippen LogP) is 6.05. The molecule has 2 heterocycles. The van der Waals surface area contributed by atoms with Gasteiger partial charge in [0.2, 0.25) is 0 Å². The highest BCUT2D eigenvalue weighted by atomic mass is 35.5. The SMILES string of the molecule is CCN1C(=O)/C(=C\c2cn(Cc3ccc(F)cc3)c3ccccc23)C(=O)N(c2ccc(Cl)cc2)C1=S. The molecule has 0 N–H and O–H groups in total. The fourth-order valence-corrected chi connectivity index (χ4v) is 4.86. The Labute approximate surface area is 218 Å². The van der Waals surface area contributed by atoms with Crippen molar-refractivity contribution in [3.63, 3.8) is 0 Å². The van der Waals surface area contributed by atoms with Gasteiger partial charge in [0.25, 0.3) is 11.8 Å². The van der Waals surface area contributed by atoms with Crippen LogP contribution in [-0.4, -0.2) is 32.9 Å². The molecule has 180 valence electrons. The van der Waals surface area contributed by atoms with Crippen LogP contribution in [0, 0.1) is 5.82 Å². The number of fused-ring (bicyclic) bond motifs is 1. The second-order valence-corrected chi connectivity index (χ2v) is 9.16. The topological polar surface area (TPSA) is 45.6 Å². The molecular weight excluding hydrogens is 497 g/mol. The summed E-state index contributed by atoms with van der Waals surface area (Å²) in [6, 6.07) is 20.8. The normalized spacial score (nSPS) is 15.4. The van der Waals surface area contributed by atoms with Gasteiger partial charge in [-0.25, -0.2) is 4.39 Å². The molecule has 5 nitrogen and oxygen atoms in total. The van der Waals surface area contributed by atoms with E-state index >= 15 is 0 Å². The van der Waals surface area contributed by atoms with Crippen molar-refractivity contribution >= 4 is 63.4 Å². The van der Waals surface area contributed by atoms with Crippen molar-refractivity contribution in [3.8, 4) is 0 Å². The smallest absolute Gasteiger partial charge is 0.270 e. The highest BCUT2D eigenvalue weighted by Crippen LogP contribution is 2.30. The summed E-state index contributed by atoms with van der Waals surface area (Å²) in [6.45, 7) is 2.64. The Hall–Kier alpha value is -3.81. The molecule has 5 rings (SSSR count). The monoisotopic (exact) mass is 517 g/mol. The van der Waals surface area contributed by atoms with E-state index < -0.39 is 11.8 Å². The lowest BCUT2D eigenvalue weighted by atomic mass is 10.1. The molecule has 1 aromatic heterocycles. The van der Waals surface area contributed by atoms with Crippen LogP contribution in [0.4, 0.5) is 10.1 Å². The number of carbonyl (C=O) groups is 2. The molecule has 0 unspecified atom stereocenters. The minimum Gasteiger partial charge on any atom is -0.342 e. The summed E-state index contributed by atoms with van der Waals surface area (Å²) in [7, 11) is 0. The molecule has 0 atom stereocenters. The van der Waals surface area contributed by atoms with Crippen molar-refractivity contribution in [3.05, 3.63) is 107 Å². The first-order chi connectivity index (χ1) is 17.4. The molecule has 1 aliphatic heterocycles. The summed E-state index contributed by atoms with van der Waals surface area (Å²) in [5.41, 5.74) is 3.14. The van der Waals surface area contributed by atoms with Gasteiger partial charge in [-0.3, -0.25) is 19.4 Å². The molecule has 2 amide bonds. The van der Waals surface area contributed by atoms with Gasteiger partial charge in [-0.15, -0.1) is 0 Å². The van der Waals surface area contributed by atoms with Crippen LogP contribution in [-0.2, 0) is 16.1 Å². The zero-order valence-electron chi connectivity index (χ0n) is 19.3. The Morgan fingerprint density at radius 2 is 1.64 bits per heavy atom. The second kappa shape index (κ2) is 9.68. The summed E-state index contributed by atoms with van der Waals surface area (Å²) in [4.78, 5) is 29.7. The first-order valence-electron chi connectivity index (χ1n) is 11.4. The molecule has 1 fully saturated rings. The first-order valence-corrected chi connectivity index (χ1v) is 12.2. The van der Waals surface area contributed by atoms with Gasteiger partial charge in [-0.05, 0) is 73.2 Å². The van der Waals surface area contributed by atoms with E-state index in [0.29, 0.717) is 23.8 Å². The average Bonchev–Trinajstić information content (AvgIpc) is 3.22. The number of likely N-dealkylation sites (N-methyl/N-ethyl adjacent to an activating group) is 1. The first kappa shape index (κ1) is 23.9. The van der Waals surface area contributed by atoms with Crippen LogP contribution in [0.3, 0.4) is 0 Å². The molecular formula is C28H21ClFN3O2S. The van der Waals surface area contributed by atoms with E-state index in [1.807, 2.05) is 42.0 Å². The van der Waals surface area contributed by atoms with Gasteiger partial charge in [0.15, 0.2) is 5.11 Å². The van der Waals surface area contributed by atoms with Gasteiger partial charge in [0.1, 0.15) is 11.4 Å². The maximum atomic E-state index is 13.6. The zero-order chi connectivity index (χ0) is 25.4. The molecule has 0 aliphatic carbocycles. The Bertz CT molecular complexity index is 1530. The van der Waals surface area contributed by atoms with Crippen molar-refractivity contribution < 1.29 is 14.0 Å². The number of carbonyl (C=O) groups excluding carboxylic acids is 2. The Morgan fingerprint density at radius 1 is 0.944 bits per heavy atom. The number of rotatable bonds is 5. The van der Waals surface area contributed by atoms with Crippen LogP contribution in [0.1, 0.15) is 18.1 Å². The Morgan fingerprint density at radius 3 is 2.33 bits per heavy atom. The van der Waals surface area contributed by atoms with Crippen LogP contribution in [0.25, 0.3) is 17.0 Å². The van der Waals surface area contributed by atoms with E-state index in [0.717, 1.165) is 22.0 Å². The van der Waals surface area contributed by atoms with Gasteiger partial charge in [-0.1, -0.05) is 41.9 Å². The van der Waals surface area contributed by atoms with Crippen molar-refractivity contribution in [2.75, 3.05) is 11.4 Å². The lowest BCUT2D eigenvalue weighted by molar-refractivity contribution is -0.127. The molecule has 3 aromatic carbocycles. The number of para-hydroxylation sites is 1. The van der Waals surface area contributed by atoms with Crippen LogP contribution in [0.5, 0.6) is 0 Å². The van der Waals surface area contributed by atoms with Gasteiger partial charge in [0.05, 0.1) is 5.69 Å². The molecule has 1 saturated heterocycles. The third kappa shape index (κ3) is 4.32. The molecule has 4 aromatic rings. The van der Waals surface area contributed by atoms with E-state index in [-0.39, 0.29) is 16.5 Å². The van der Waals surface area contributed by atoms with Gasteiger partial charge < -0.3 is 4.57 Å². The molecule has 36 heavy (non-hydrogen) atoms. The number of thiocarbonyl (C=S) groups is 1. The highest BCUT2D eigenvalue weighted by molar-refractivity contribution is 7.80. The third-order valence-electron chi connectivity index (χ3n) is 6.12. The van der Waals surface area contributed by atoms with Crippen LogP contribution >= 0.6 is 23.8 Å². The summed E-state index contributed by atoms with van der Waals surface area (Å²) in [6.07, 6.45) is 3.53. The molecule has 0 radical (unpaired) electrons. The number of nitrogens with zero attached hydrogens (tertiary/aromatic N) is 3. The van der Waals surface area contributed by atoms with E-state index in [1.54, 1.807) is 42.5 Å².